The largest absolute Gasteiger partial charge is 0.483 e. The van der Waals surface area contributed by atoms with E-state index < -0.39 is 11.9 Å². The molecule has 2 aliphatic rings. The van der Waals surface area contributed by atoms with Crippen molar-refractivity contribution in [1.82, 2.24) is 20.5 Å². The summed E-state index contributed by atoms with van der Waals surface area (Å²) in [6, 6.07) is 14.3. The lowest BCUT2D eigenvalue weighted by Crippen LogP contribution is -2.56. The predicted octanol–water partition coefficient (Wildman–Crippen LogP) is 2.19. The van der Waals surface area contributed by atoms with E-state index in [-0.39, 0.29) is 12.2 Å². The molecular formula is C24H29N5O5. The second-order valence-electron chi connectivity index (χ2n) is 7.61. The molecule has 0 aliphatic carbocycles. The molecule has 1 fully saturated rings. The lowest BCUT2D eigenvalue weighted by atomic mass is 10.1. The van der Waals surface area contributed by atoms with Crippen LogP contribution in [-0.4, -0.2) is 70.3 Å². The molecule has 0 spiro atoms. The van der Waals surface area contributed by atoms with Crippen LogP contribution in [0.2, 0.25) is 0 Å². The molecule has 4 rings (SSSR count). The van der Waals surface area contributed by atoms with Gasteiger partial charge in [0.2, 0.25) is 0 Å². The monoisotopic (exact) mass is 467 g/mol. The Kier molecular flexibility index (Phi) is 9.12. The molecule has 0 amide bonds. The summed E-state index contributed by atoms with van der Waals surface area (Å²) < 4.78 is 5.84. The maximum Gasteiger partial charge on any atom is 0.328 e. The van der Waals surface area contributed by atoms with Gasteiger partial charge in [0.1, 0.15) is 23.9 Å². The van der Waals surface area contributed by atoms with Crippen LogP contribution in [0.4, 0.5) is 5.69 Å². The maximum absolute atomic E-state index is 9.55. The Morgan fingerprint density at radius 1 is 1.21 bits per heavy atom. The van der Waals surface area contributed by atoms with Crippen LogP contribution in [0, 0.1) is 0 Å². The molecule has 2 aliphatic heterocycles. The number of amidine groups is 1. The second-order valence-corrected chi connectivity index (χ2v) is 7.61. The topological polar surface area (TPSA) is 136 Å². The van der Waals surface area contributed by atoms with Crippen LogP contribution < -0.4 is 15.4 Å². The summed E-state index contributed by atoms with van der Waals surface area (Å²) in [6.07, 6.45) is 4.15. The summed E-state index contributed by atoms with van der Waals surface area (Å²) in [6.45, 7) is 5.53. The van der Waals surface area contributed by atoms with E-state index >= 15 is 0 Å². The van der Waals surface area contributed by atoms with E-state index in [2.05, 4.69) is 39.6 Å². The molecule has 2 aromatic rings. The standard InChI is InChI=1S/C20H25N5O.C4H4O4/c1-2-20(24-19-14-26-18-9-4-3-8-16(18)23-19)25-12-11-21-13-17(25)15-7-5-6-10-22-15;5-3(6)1-2-4(7)8/h3-10,17,20-21H,2,11-14H2,1H3,(H,23,24);1-2H,(H,5,6)(H,7,8). The van der Waals surface area contributed by atoms with Gasteiger partial charge in [-0.1, -0.05) is 25.1 Å². The SMILES string of the molecule is CCC(NC1=Nc2ccccc2OC1)N1CCNCC1c1ccccn1.O=C(O)C=CC(=O)O. The van der Waals surface area contributed by atoms with Crippen molar-refractivity contribution in [2.24, 2.45) is 4.99 Å². The van der Waals surface area contributed by atoms with Gasteiger partial charge in [0.25, 0.3) is 0 Å². The molecule has 1 aromatic heterocycles. The third-order valence-corrected chi connectivity index (χ3v) is 5.29. The zero-order valence-electron chi connectivity index (χ0n) is 18.9. The first kappa shape index (κ1) is 24.9. The molecule has 0 radical (unpaired) electrons. The van der Waals surface area contributed by atoms with Gasteiger partial charge < -0.3 is 25.6 Å². The molecule has 1 saturated heterocycles. The molecule has 1 aromatic carbocycles. The van der Waals surface area contributed by atoms with E-state index in [1.165, 1.54) is 0 Å². The third-order valence-electron chi connectivity index (χ3n) is 5.29. The highest BCUT2D eigenvalue weighted by Crippen LogP contribution is 2.30. The van der Waals surface area contributed by atoms with Crippen molar-refractivity contribution in [1.29, 1.82) is 0 Å². The molecule has 10 nitrogen and oxygen atoms in total. The Labute approximate surface area is 198 Å². The first-order valence-corrected chi connectivity index (χ1v) is 11.0. The van der Waals surface area contributed by atoms with Gasteiger partial charge in [-0.3, -0.25) is 9.88 Å². The fraction of sp³-hybridized carbons (Fsp3) is 0.333. The normalized spacial score (nSPS) is 18.5. The molecule has 2 atom stereocenters. The van der Waals surface area contributed by atoms with Crippen LogP contribution in [0.15, 0.2) is 65.8 Å². The van der Waals surface area contributed by atoms with Gasteiger partial charge in [0.15, 0.2) is 0 Å². The van der Waals surface area contributed by atoms with Crippen LogP contribution in [0.25, 0.3) is 0 Å². The van der Waals surface area contributed by atoms with Crippen molar-refractivity contribution in [2.45, 2.75) is 25.6 Å². The average molecular weight is 468 g/mol. The Morgan fingerprint density at radius 3 is 2.62 bits per heavy atom. The van der Waals surface area contributed by atoms with E-state index in [4.69, 9.17) is 19.9 Å². The number of rotatable bonds is 6. The van der Waals surface area contributed by atoms with E-state index in [0.717, 1.165) is 49.0 Å². The van der Waals surface area contributed by atoms with Gasteiger partial charge >= 0.3 is 11.9 Å². The fourth-order valence-electron chi connectivity index (χ4n) is 3.76. The lowest BCUT2D eigenvalue weighted by molar-refractivity contribution is -0.134. The smallest absolute Gasteiger partial charge is 0.328 e. The van der Waals surface area contributed by atoms with E-state index in [1.807, 2.05) is 36.5 Å². The lowest BCUT2D eigenvalue weighted by Gasteiger charge is -2.41. The summed E-state index contributed by atoms with van der Waals surface area (Å²) in [4.78, 5) is 30.9. The van der Waals surface area contributed by atoms with Crippen molar-refractivity contribution in [3.63, 3.8) is 0 Å². The predicted molar refractivity (Wildman–Crippen MR) is 127 cm³/mol. The number of hydrogen-bond acceptors (Lipinski definition) is 8. The van der Waals surface area contributed by atoms with Gasteiger partial charge in [-0.2, -0.15) is 0 Å². The average Bonchev–Trinajstić information content (AvgIpc) is 2.87. The summed E-state index contributed by atoms with van der Waals surface area (Å²) in [5.41, 5.74) is 1.99. The van der Waals surface area contributed by atoms with Crippen molar-refractivity contribution < 1.29 is 24.5 Å². The number of aliphatic imine (C=N–C) groups is 1. The Bertz CT molecular complexity index is 1010. The number of piperazine rings is 1. The molecule has 180 valence electrons. The number of nitrogens with zero attached hydrogens (tertiary/aromatic N) is 3. The molecule has 2 unspecified atom stereocenters. The number of ether oxygens (including phenoxy) is 1. The third kappa shape index (κ3) is 7.12. The summed E-state index contributed by atoms with van der Waals surface area (Å²) in [5, 5.41) is 22.7. The quantitative estimate of drug-likeness (QED) is 0.471. The minimum Gasteiger partial charge on any atom is -0.483 e. The highest BCUT2D eigenvalue weighted by molar-refractivity contribution is 5.89. The van der Waals surface area contributed by atoms with Crippen LogP contribution >= 0.6 is 0 Å². The first-order valence-electron chi connectivity index (χ1n) is 11.0. The summed E-state index contributed by atoms with van der Waals surface area (Å²) >= 11 is 0. The number of fused-ring (bicyclic) bond motifs is 1. The summed E-state index contributed by atoms with van der Waals surface area (Å²) in [5.74, 6) is -0.784. The number of aliphatic carboxylic acids is 2. The highest BCUT2D eigenvalue weighted by Gasteiger charge is 2.30. The minimum absolute atomic E-state index is 0.191. The molecular weight excluding hydrogens is 438 g/mol. The number of carboxylic acid groups (broad SMARTS) is 2. The Balaban J connectivity index is 0.000000350. The molecule has 3 heterocycles. The van der Waals surface area contributed by atoms with Gasteiger partial charge in [0.05, 0.1) is 17.9 Å². The van der Waals surface area contributed by atoms with Gasteiger partial charge in [0, 0.05) is 38.0 Å². The number of carboxylic acids is 2. The molecule has 0 bridgehead atoms. The van der Waals surface area contributed by atoms with E-state index in [9.17, 15) is 9.59 Å². The number of para-hydroxylation sites is 2. The van der Waals surface area contributed by atoms with E-state index in [0.29, 0.717) is 18.8 Å². The summed E-state index contributed by atoms with van der Waals surface area (Å²) in [7, 11) is 0. The Morgan fingerprint density at radius 2 is 1.94 bits per heavy atom. The van der Waals surface area contributed by atoms with Crippen molar-refractivity contribution >= 4 is 23.5 Å². The minimum atomic E-state index is -1.26. The zero-order valence-corrected chi connectivity index (χ0v) is 18.9. The van der Waals surface area contributed by atoms with Crippen molar-refractivity contribution in [3.05, 3.63) is 66.5 Å². The number of aromatic nitrogens is 1. The van der Waals surface area contributed by atoms with Crippen LogP contribution in [-0.2, 0) is 9.59 Å². The van der Waals surface area contributed by atoms with Gasteiger partial charge in [-0.05, 0) is 30.7 Å². The Hall–Kier alpha value is -3.76. The zero-order chi connectivity index (χ0) is 24.3. The number of benzene rings is 1. The maximum atomic E-state index is 9.55. The van der Waals surface area contributed by atoms with Gasteiger partial charge in [-0.15, -0.1) is 0 Å². The fourth-order valence-corrected chi connectivity index (χ4v) is 3.76. The highest BCUT2D eigenvalue weighted by atomic mass is 16.5. The number of hydrogen-bond donors (Lipinski definition) is 4. The van der Waals surface area contributed by atoms with Crippen molar-refractivity contribution in [2.75, 3.05) is 26.2 Å². The molecule has 10 heteroatoms. The first-order chi connectivity index (χ1) is 16.5. The second kappa shape index (κ2) is 12.5. The van der Waals surface area contributed by atoms with E-state index in [1.54, 1.807) is 0 Å². The van der Waals surface area contributed by atoms with Crippen LogP contribution in [0.5, 0.6) is 5.75 Å². The number of carbonyl (C=O) groups is 2. The van der Waals surface area contributed by atoms with Crippen LogP contribution in [0.1, 0.15) is 25.1 Å². The van der Waals surface area contributed by atoms with Gasteiger partial charge in [-0.25, -0.2) is 14.6 Å². The molecule has 34 heavy (non-hydrogen) atoms. The number of nitrogens with one attached hydrogen (secondary N) is 2. The number of pyridine rings is 1. The van der Waals surface area contributed by atoms with Crippen molar-refractivity contribution in [3.8, 4) is 5.75 Å². The van der Waals surface area contributed by atoms with Crippen LogP contribution in [0.3, 0.4) is 0 Å². The molecule has 4 N–H and O–H groups in total. The molecule has 0 saturated carbocycles.